The van der Waals surface area contributed by atoms with Gasteiger partial charge in [0.05, 0.1) is 45.8 Å². The fourth-order valence-corrected chi connectivity index (χ4v) is 5.99. The summed E-state index contributed by atoms with van der Waals surface area (Å²) in [5.41, 5.74) is 4.42. The number of ether oxygens (including phenoxy) is 1. The molecule has 1 aliphatic carbocycles. The van der Waals surface area contributed by atoms with Crippen LogP contribution in [-0.4, -0.2) is 57.4 Å². The number of hydrogen-bond donors (Lipinski definition) is 0. The molecular formula is C21H22F2N4O2S. The highest BCUT2D eigenvalue weighted by Crippen LogP contribution is 2.37. The van der Waals surface area contributed by atoms with Crippen molar-refractivity contribution in [1.29, 1.82) is 0 Å². The Labute approximate surface area is 174 Å². The molecule has 4 heterocycles. The minimum absolute atomic E-state index is 0.145. The Morgan fingerprint density at radius 3 is 2.93 bits per heavy atom. The number of fused-ring (bicyclic) bond motifs is 1. The molecule has 0 aromatic carbocycles. The zero-order chi connectivity index (χ0) is 20.9. The summed E-state index contributed by atoms with van der Waals surface area (Å²) in [6, 6.07) is 5.76. The zero-order valence-corrected chi connectivity index (χ0v) is 17.4. The lowest BCUT2D eigenvalue weighted by molar-refractivity contribution is 0.0371. The van der Waals surface area contributed by atoms with Gasteiger partial charge in [-0.1, -0.05) is 12.2 Å². The zero-order valence-electron chi connectivity index (χ0n) is 16.6. The van der Waals surface area contributed by atoms with E-state index in [-0.39, 0.29) is 11.9 Å². The van der Waals surface area contributed by atoms with Gasteiger partial charge in [-0.25, -0.2) is 18.0 Å². The lowest BCUT2D eigenvalue weighted by Crippen LogP contribution is -2.47. The van der Waals surface area contributed by atoms with Gasteiger partial charge in [-0.05, 0) is 19.1 Å². The van der Waals surface area contributed by atoms with Crippen LogP contribution in [0, 0.1) is 0 Å². The molecular weight excluding hydrogens is 410 g/mol. The molecule has 0 saturated carbocycles. The van der Waals surface area contributed by atoms with Crippen LogP contribution in [0.25, 0.3) is 17.3 Å². The van der Waals surface area contributed by atoms with Gasteiger partial charge >= 0.3 is 0 Å². The van der Waals surface area contributed by atoms with Crippen molar-refractivity contribution in [1.82, 2.24) is 9.97 Å². The predicted octanol–water partition coefficient (Wildman–Crippen LogP) is 3.69. The Kier molecular flexibility index (Phi) is 4.62. The SMILES string of the molecule is C[C@@H]1COCCN1c1cc(N=S2(=O)CC(F)(F)C2)nc(-c2ccnc3c2C=CC3)c1. The lowest BCUT2D eigenvalue weighted by Gasteiger charge is -2.35. The molecule has 0 spiro atoms. The quantitative estimate of drug-likeness (QED) is 0.740. The molecule has 2 aliphatic heterocycles. The van der Waals surface area contributed by atoms with Crippen LogP contribution < -0.4 is 4.90 Å². The predicted molar refractivity (Wildman–Crippen MR) is 113 cm³/mol. The van der Waals surface area contributed by atoms with Crippen LogP contribution in [0.15, 0.2) is 34.8 Å². The van der Waals surface area contributed by atoms with E-state index >= 15 is 0 Å². The van der Waals surface area contributed by atoms with Gasteiger partial charge < -0.3 is 9.64 Å². The van der Waals surface area contributed by atoms with E-state index in [4.69, 9.17) is 4.74 Å². The van der Waals surface area contributed by atoms with Crippen LogP contribution in [0.1, 0.15) is 18.2 Å². The minimum atomic E-state index is -2.98. The number of anilines is 1. The molecule has 0 N–H and O–H groups in total. The van der Waals surface area contributed by atoms with E-state index < -0.39 is 27.2 Å². The molecule has 1 atom stereocenters. The topological polar surface area (TPSA) is 67.7 Å². The minimum Gasteiger partial charge on any atom is -0.377 e. The van der Waals surface area contributed by atoms with Gasteiger partial charge in [0, 0.05) is 48.1 Å². The van der Waals surface area contributed by atoms with Gasteiger partial charge in [0.25, 0.3) is 5.92 Å². The van der Waals surface area contributed by atoms with Crippen LogP contribution in [-0.2, 0) is 20.9 Å². The molecule has 2 aromatic rings. The van der Waals surface area contributed by atoms with Crippen molar-refractivity contribution in [3.63, 3.8) is 0 Å². The highest BCUT2D eigenvalue weighted by molar-refractivity contribution is 7.95. The van der Waals surface area contributed by atoms with Crippen molar-refractivity contribution in [2.45, 2.75) is 25.3 Å². The fraction of sp³-hybridized carbons (Fsp3) is 0.429. The summed E-state index contributed by atoms with van der Waals surface area (Å²) in [6.07, 6.45) is 6.58. The molecule has 0 unspecified atom stereocenters. The summed E-state index contributed by atoms with van der Waals surface area (Å²) in [5.74, 6) is -4.09. The van der Waals surface area contributed by atoms with Crippen molar-refractivity contribution in [2.24, 2.45) is 4.36 Å². The highest BCUT2D eigenvalue weighted by Gasteiger charge is 2.48. The second kappa shape index (κ2) is 7.09. The maximum atomic E-state index is 13.4. The van der Waals surface area contributed by atoms with Crippen molar-refractivity contribution < 1.29 is 17.7 Å². The van der Waals surface area contributed by atoms with E-state index in [9.17, 15) is 13.0 Å². The number of aromatic nitrogens is 2. The Hall–Kier alpha value is -2.39. The molecule has 2 saturated heterocycles. The van der Waals surface area contributed by atoms with Crippen LogP contribution in [0.4, 0.5) is 20.3 Å². The van der Waals surface area contributed by atoms with Gasteiger partial charge in [-0.3, -0.25) is 4.98 Å². The number of morpholine rings is 1. The van der Waals surface area contributed by atoms with E-state index in [2.05, 4.69) is 26.2 Å². The summed E-state index contributed by atoms with van der Waals surface area (Å²) in [5, 5.41) is 0. The molecule has 0 amide bonds. The number of nitrogens with zero attached hydrogens (tertiary/aromatic N) is 4. The number of halogens is 2. The van der Waals surface area contributed by atoms with E-state index in [1.165, 1.54) is 0 Å². The third-order valence-corrected chi connectivity index (χ3v) is 7.84. The Bertz CT molecular complexity index is 1140. The molecule has 30 heavy (non-hydrogen) atoms. The first kappa shape index (κ1) is 19.6. The van der Waals surface area contributed by atoms with E-state index in [0.29, 0.717) is 25.5 Å². The summed E-state index contributed by atoms with van der Waals surface area (Å²) in [6.45, 7) is 3.97. The summed E-state index contributed by atoms with van der Waals surface area (Å²) in [7, 11) is -2.98. The number of alkyl halides is 2. The third-order valence-electron chi connectivity index (χ3n) is 5.57. The molecule has 5 rings (SSSR count). The highest BCUT2D eigenvalue weighted by atomic mass is 32.2. The Balaban J connectivity index is 1.63. The van der Waals surface area contributed by atoms with Crippen LogP contribution in [0.2, 0.25) is 0 Å². The van der Waals surface area contributed by atoms with E-state index in [0.717, 1.165) is 28.9 Å². The normalized spacial score (nSPS) is 23.7. The number of allylic oxidation sites excluding steroid dienone is 1. The first-order valence-electron chi connectivity index (χ1n) is 9.94. The molecule has 9 heteroatoms. The van der Waals surface area contributed by atoms with Crippen LogP contribution >= 0.6 is 0 Å². The van der Waals surface area contributed by atoms with Crippen molar-refractivity contribution >= 4 is 27.3 Å². The summed E-state index contributed by atoms with van der Waals surface area (Å²) >= 11 is 0. The molecule has 6 nitrogen and oxygen atoms in total. The van der Waals surface area contributed by atoms with Gasteiger partial charge in [0.15, 0.2) is 5.82 Å². The molecule has 3 aliphatic rings. The van der Waals surface area contributed by atoms with E-state index in [1.807, 2.05) is 24.3 Å². The monoisotopic (exact) mass is 432 g/mol. The Morgan fingerprint density at radius 1 is 1.33 bits per heavy atom. The molecule has 2 aromatic heterocycles. The van der Waals surface area contributed by atoms with Crippen LogP contribution in [0.3, 0.4) is 0 Å². The third kappa shape index (κ3) is 3.60. The molecule has 0 bridgehead atoms. The summed E-state index contributed by atoms with van der Waals surface area (Å²) in [4.78, 5) is 11.2. The van der Waals surface area contributed by atoms with Crippen molar-refractivity contribution in [3.8, 4) is 11.3 Å². The first-order chi connectivity index (χ1) is 14.3. The standard InChI is InChI=1S/C21H22F2N4O2S/c1-14-11-29-8-7-27(14)15-9-19(17-5-6-24-18-4-2-3-16(17)18)25-20(10-15)26-30(28)12-21(22,23)13-30/h2-3,5-6,9-10,14H,4,7-8,11-13H2,1H3/t14-/m1/s1. The molecule has 0 radical (unpaired) electrons. The average Bonchev–Trinajstić information content (AvgIpc) is 3.15. The number of hydrogen-bond acceptors (Lipinski definition) is 6. The average molecular weight is 432 g/mol. The van der Waals surface area contributed by atoms with Crippen LogP contribution in [0.5, 0.6) is 0 Å². The van der Waals surface area contributed by atoms with Gasteiger partial charge in [-0.15, -0.1) is 0 Å². The molecule has 2 fully saturated rings. The fourth-order valence-electron chi connectivity index (χ4n) is 4.19. The Morgan fingerprint density at radius 2 is 2.17 bits per heavy atom. The van der Waals surface area contributed by atoms with Gasteiger partial charge in [0.2, 0.25) is 0 Å². The smallest absolute Gasteiger partial charge is 0.272 e. The second-order valence-electron chi connectivity index (χ2n) is 8.02. The van der Waals surface area contributed by atoms with E-state index in [1.54, 1.807) is 12.3 Å². The van der Waals surface area contributed by atoms with Gasteiger partial charge in [-0.2, -0.15) is 4.36 Å². The molecule has 158 valence electrons. The maximum absolute atomic E-state index is 13.4. The maximum Gasteiger partial charge on any atom is 0.272 e. The number of rotatable bonds is 3. The second-order valence-corrected chi connectivity index (χ2v) is 10.3. The lowest BCUT2D eigenvalue weighted by atomic mass is 10.0. The largest absolute Gasteiger partial charge is 0.377 e. The number of pyridine rings is 2. The summed E-state index contributed by atoms with van der Waals surface area (Å²) < 4.78 is 49.1. The van der Waals surface area contributed by atoms with Crippen molar-refractivity contribution in [3.05, 3.63) is 41.7 Å². The first-order valence-corrected chi connectivity index (χ1v) is 11.8. The van der Waals surface area contributed by atoms with Crippen molar-refractivity contribution in [2.75, 3.05) is 36.2 Å². The van der Waals surface area contributed by atoms with Gasteiger partial charge in [0.1, 0.15) is 0 Å².